The van der Waals surface area contributed by atoms with Gasteiger partial charge < -0.3 is 9.47 Å². The predicted octanol–water partition coefficient (Wildman–Crippen LogP) is 6.54. The Balaban J connectivity index is 1.61. The van der Waals surface area contributed by atoms with E-state index in [0.29, 0.717) is 44.3 Å². The van der Waals surface area contributed by atoms with E-state index in [9.17, 15) is 14.9 Å². The number of rotatable bonds is 7. The quantitative estimate of drug-likeness (QED) is 0.320. The third-order valence-electron chi connectivity index (χ3n) is 4.95. The van der Waals surface area contributed by atoms with Crippen molar-refractivity contribution in [3.05, 3.63) is 92.8 Å². The summed E-state index contributed by atoms with van der Waals surface area (Å²) in [4.78, 5) is 26.9. The average Bonchev–Trinajstić information content (AvgIpc) is 3.12. The van der Waals surface area contributed by atoms with Crippen LogP contribution in [-0.4, -0.2) is 17.8 Å². The fraction of sp³-hybridized carbons (Fsp3) is 0.115. The van der Waals surface area contributed by atoms with Crippen LogP contribution in [0.1, 0.15) is 23.6 Å². The molecule has 2 amide bonds. The molecule has 1 saturated heterocycles. The van der Waals surface area contributed by atoms with Gasteiger partial charge in [-0.15, -0.1) is 0 Å². The van der Waals surface area contributed by atoms with Gasteiger partial charge in [0.1, 0.15) is 6.61 Å². The molecule has 34 heavy (non-hydrogen) atoms. The molecule has 1 aliphatic rings. The van der Waals surface area contributed by atoms with Crippen molar-refractivity contribution in [1.29, 1.82) is 5.26 Å². The van der Waals surface area contributed by atoms with Crippen molar-refractivity contribution in [2.75, 3.05) is 11.5 Å². The lowest BCUT2D eigenvalue weighted by Crippen LogP contribution is -2.27. The van der Waals surface area contributed by atoms with Crippen LogP contribution in [0.5, 0.6) is 11.5 Å². The first-order chi connectivity index (χ1) is 16.5. The molecule has 8 heteroatoms. The minimum atomic E-state index is -0.372. The first-order valence-corrected chi connectivity index (χ1v) is 12.0. The van der Waals surface area contributed by atoms with Gasteiger partial charge in [0, 0.05) is 5.56 Å². The van der Waals surface area contributed by atoms with E-state index in [-0.39, 0.29) is 17.8 Å². The molecule has 0 radical (unpaired) electrons. The second-order valence-electron chi connectivity index (χ2n) is 7.17. The lowest BCUT2D eigenvalue weighted by atomic mass is 10.1. The van der Waals surface area contributed by atoms with Crippen LogP contribution in [0.2, 0.25) is 0 Å². The number of hydrogen-bond donors (Lipinski definition) is 0. The summed E-state index contributed by atoms with van der Waals surface area (Å²) in [6.45, 7) is 2.46. The van der Waals surface area contributed by atoms with E-state index in [4.69, 9.17) is 9.47 Å². The second-order valence-corrected chi connectivity index (χ2v) is 9.02. The molecule has 4 rings (SSSR count). The van der Waals surface area contributed by atoms with Gasteiger partial charge in [0.25, 0.3) is 11.1 Å². The van der Waals surface area contributed by atoms with Crippen molar-refractivity contribution in [2.24, 2.45) is 0 Å². The Morgan fingerprint density at radius 1 is 1.06 bits per heavy atom. The number of nitriles is 1. The number of amides is 2. The molecule has 3 aromatic carbocycles. The number of para-hydroxylation sites is 1. The van der Waals surface area contributed by atoms with E-state index < -0.39 is 0 Å². The number of carbonyl (C=O) groups excluding carboxylic acids is 2. The van der Waals surface area contributed by atoms with Crippen LogP contribution in [0.25, 0.3) is 6.08 Å². The highest BCUT2D eigenvalue weighted by atomic mass is 79.9. The van der Waals surface area contributed by atoms with Crippen LogP contribution >= 0.6 is 27.7 Å². The monoisotopic (exact) mass is 534 g/mol. The molecule has 6 nitrogen and oxygen atoms in total. The lowest BCUT2D eigenvalue weighted by molar-refractivity contribution is -0.113. The maximum atomic E-state index is 12.9. The van der Waals surface area contributed by atoms with E-state index in [0.717, 1.165) is 17.3 Å². The van der Waals surface area contributed by atoms with Crippen molar-refractivity contribution in [2.45, 2.75) is 13.5 Å². The van der Waals surface area contributed by atoms with E-state index in [1.165, 1.54) is 4.90 Å². The van der Waals surface area contributed by atoms with Gasteiger partial charge in [-0.1, -0.05) is 36.4 Å². The number of thioether (sulfide) groups is 1. The van der Waals surface area contributed by atoms with Crippen LogP contribution in [0.3, 0.4) is 0 Å². The zero-order valence-corrected chi connectivity index (χ0v) is 20.6. The molecule has 170 valence electrons. The molecule has 0 spiro atoms. The normalized spacial score (nSPS) is 14.4. The van der Waals surface area contributed by atoms with Gasteiger partial charge in [0.05, 0.1) is 33.3 Å². The van der Waals surface area contributed by atoms with Gasteiger partial charge in [-0.05, 0) is 76.6 Å². The molecule has 3 aromatic rings. The summed E-state index contributed by atoms with van der Waals surface area (Å²) < 4.78 is 12.4. The molecule has 0 bridgehead atoms. The standard InChI is InChI=1S/C26H19BrN2O4S/c1-2-32-22-13-17(12-21(27)24(22)33-16-19-9-7-6-8-18(19)15-28)14-23-25(30)29(26(31)34-23)20-10-4-3-5-11-20/h3-14H,2,16H2,1H3/b23-14-. The summed E-state index contributed by atoms with van der Waals surface area (Å²) in [7, 11) is 0. The fourth-order valence-electron chi connectivity index (χ4n) is 3.40. The van der Waals surface area contributed by atoms with E-state index in [1.807, 2.05) is 25.1 Å². The molecular weight excluding hydrogens is 516 g/mol. The first kappa shape index (κ1) is 23.6. The van der Waals surface area contributed by atoms with Gasteiger partial charge >= 0.3 is 0 Å². The van der Waals surface area contributed by atoms with Crippen LogP contribution in [0, 0.1) is 11.3 Å². The van der Waals surface area contributed by atoms with Crippen LogP contribution in [0.4, 0.5) is 10.5 Å². The third-order valence-corrected chi connectivity index (χ3v) is 6.41. The second kappa shape index (κ2) is 10.6. The molecule has 1 fully saturated rings. The molecule has 0 saturated carbocycles. The van der Waals surface area contributed by atoms with E-state index in [1.54, 1.807) is 54.6 Å². The largest absolute Gasteiger partial charge is 0.490 e. The van der Waals surface area contributed by atoms with Gasteiger partial charge in [-0.2, -0.15) is 5.26 Å². The molecule has 0 aromatic heterocycles. The number of anilines is 1. The van der Waals surface area contributed by atoms with Gasteiger partial charge in [0.2, 0.25) is 0 Å². The maximum absolute atomic E-state index is 12.9. The Bertz CT molecular complexity index is 1320. The molecule has 0 N–H and O–H groups in total. The summed E-state index contributed by atoms with van der Waals surface area (Å²) in [5.74, 6) is 0.604. The molecule has 0 unspecified atom stereocenters. The topological polar surface area (TPSA) is 79.6 Å². The smallest absolute Gasteiger partial charge is 0.298 e. The Morgan fingerprint density at radius 3 is 2.53 bits per heavy atom. The van der Waals surface area contributed by atoms with Crippen molar-refractivity contribution < 1.29 is 19.1 Å². The SMILES string of the molecule is CCOc1cc(/C=C2\SC(=O)N(c3ccccc3)C2=O)cc(Br)c1OCc1ccccc1C#N. The molecule has 0 atom stereocenters. The summed E-state index contributed by atoms with van der Waals surface area (Å²) in [6.07, 6.45) is 1.66. The van der Waals surface area contributed by atoms with E-state index in [2.05, 4.69) is 22.0 Å². The Morgan fingerprint density at radius 2 is 1.79 bits per heavy atom. The van der Waals surface area contributed by atoms with Crippen molar-refractivity contribution in [1.82, 2.24) is 0 Å². The molecular formula is C26H19BrN2O4S. The average molecular weight is 535 g/mol. The van der Waals surface area contributed by atoms with Gasteiger partial charge in [-0.3, -0.25) is 9.59 Å². The summed E-state index contributed by atoms with van der Waals surface area (Å²) in [5, 5.41) is 8.97. The summed E-state index contributed by atoms with van der Waals surface area (Å²) in [6, 6.07) is 21.8. The minimum absolute atomic E-state index is 0.192. The first-order valence-electron chi connectivity index (χ1n) is 10.4. The zero-order valence-electron chi connectivity index (χ0n) is 18.2. The zero-order chi connectivity index (χ0) is 24.1. The van der Waals surface area contributed by atoms with E-state index >= 15 is 0 Å². The molecule has 1 heterocycles. The third kappa shape index (κ3) is 5.01. The van der Waals surface area contributed by atoms with Crippen LogP contribution in [0.15, 0.2) is 76.1 Å². The number of ether oxygens (including phenoxy) is 2. The van der Waals surface area contributed by atoms with Crippen molar-refractivity contribution >= 4 is 50.6 Å². The molecule has 1 aliphatic heterocycles. The number of hydrogen-bond acceptors (Lipinski definition) is 6. The number of benzene rings is 3. The Hall–Kier alpha value is -3.54. The number of halogens is 1. The van der Waals surface area contributed by atoms with Crippen LogP contribution in [-0.2, 0) is 11.4 Å². The number of nitrogens with zero attached hydrogens (tertiary/aromatic N) is 2. The van der Waals surface area contributed by atoms with Crippen molar-refractivity contribution in [3.63, 3.8) is 0 Å². The van der Waals surface area contributed by atoms with Gasteiger partial charge in [0.15, 0.2) is 11.5 Å². The number of carbonyl (C=O) groups is 2. The highest BCUT2D eigenvalue weighted by Crippen LogP contribution is 2.40. The van der Waals surface area contributed by atoms with Gasteiger partial charge in [-0.25, -0.2) is 4.90 Å². The predicted molar refractivity (Wildman–Crippen MR) is 136 cm³/mol. The highest BCUT2D eigenvalue weighted by molar-refractivity contribution is 9.10. The maximum Gasteiger partial charge on any atom is 0.298 e. The highest BCUT2D eigenvalue weighted by Gasteiger charge is 2.36. The Kier molecular flexibility index (Phi) is 7.36. The number of imide groups is 1. The Labute approximate surface area is 209 Å². The van der Waals surface area contributed by atoms with Crippen LogP contribution < -0.4 is 14.4 Å². The summed E-state index contributed by atoms with van der Waals surface area (Å²) in [5.41, 5.74) is 2.52. The molecule has 0 aliphatic carbocycles. The fourth-order valence-corrected chi connectivity index (χ4v) is 4.81. The van der Waals surface area contributed by atoms with Crippen molar-refractivity contribution in [3.8, 4) is 17.6 Å². The minimum Gasteiger partial charge on any atom is -0.490 e. The lowest BCUT2D eigenvalue weighted by Gasteiger charge is -2.15. The summed E-state index contributed by atoms with van der Waals surface area (Å²) >= 11 is 4.43.